The lowest BCUT2D eigenvalue weighted by Gasteiger charge is -2.33. The van der Waals surface area contributed by atoms with E-state index in [4.69, 9.17) is 4.74 Å². The molecule has 18 atom stereocenters. The van der Waals surface area contributed by atoms with E-state index in [0.717, 1.165) is 25.7 Å². The molecule has 6 aliphatic rings. The number of methoxy groups -OCH3 is 1. The summed E-state index contributed by atoms with van der Waals surface area (Å²) in [7, 11) is 1.36. The van der Waals surface area contributed by atoms with Crippen molar-refractivity contribution in [1.82, 2.24) is 21.3 Å². The summed E-state index contributed by atoms with van der Waals surface area (Å²) >= 11 is 0. The van der Waals surface area contributed by atoms with Crippen molar-refractivity contribution in [2.45, 2.75) is 109 Å². The third-order valence-corrected chi connectivity index (χ3v) is 13.5. The Labute approximate surface area is 262 Å². The fourth-order valence-corrected chi connectivity index (χ4v) is 11.1. The Morgan fingerprint density at radius 3 is 2.07 bits per heavy atom. The molecular formula is C35H54N4O5. The first-order valence-corrected chi connectivity index (χ1v) is 17.2. The minimum absolute atomic E-state index is 0.0188. The summed E-state index contributed by atoms with van der Waals surface area (Å²) in [5.41, 5.74) is 0. The van der Waals surface area contributed by atoms with Gasteiger partial charge in [0, 0.05) is 66.2 Å². The van der Waals surface area contributed by atoms with Gasteiger partial charge in [-0.05, 0) is 60.7 Å². The van der Waals surface area contributed by atoms with Gasteiger partial charge in [-0.15, -0.1) is 6.58 Å². The SMILES string of the molecule is C=CC1C2CC3NC(CC4NC5C(C(=O)C(C(=O)OC)C5C5NC(CC(N2)C1C)C(C)C5/C=C/C(=O)O)C4C)C(CC)C3C. The maximum absolute atomic E-state index is 14.2. The average Bonchev–Trinajstić information content (AvgIpc) is 3.72. The Hall–Kier alpha value is -2.07. The molecule has 0 aromatic heterocycles. The molecule has 1 aliphatic carbocycles. The van der Waals surface area contributed by atoms with Crippen molar-refractivity contribution >= 4 is 17.7 Å². The van der Waals surface area contributed by atoms with Gasteiger partial charge in [-0.3, -0.25) is 9.59 Å². The molecule has 0 amide bonds. The molecule has 9 nitrogen and oxygen atoms in total. The minimum Gasteiger partial charge on any atom is -0.478 e. The number of hydrogen-bond donors (Lipinski definition) is 5. The van der Waals surface area contributed by atoms with Crippen LogP contribution < -0.4 is 21.3 Å². The monoisotopic (exact) mass is 610 g/mol. The predicted octanol–water partition coefficient (Wildman–Crippen LogP) is 2.77. The number of carbonyl (C=O) groups is 3. The molecule has 244 valence electrons. The molecule has 44 heavy (non-hydrogen) atoms. The molecule has 6 fully saturated rings. The number of nitrogens with one attached hydrogen (secondary N) is 4. The number of ether oxygens (including phenoxy) is 1. The van der Waals surface area contributed by atoms with E-state index in [9.17, 15) is 19.5 Å². The first-order chi connectivity index (χ1) is 21.0. The van der Waals surface area contributed by atoms with Crippen molar-refractivity contribution in [3.8, 4) is 0 Å². The lowest BCUT2D eigenvalue weighted by atomic mass is 9.76. The molecule has 5 heterocycles. The molecule has 5 N–H and O–H groups in total. The van der Waals surface area contributed by atoms with Crippen LogP contribution in [0.25, 0.3) is 0 Å². The van der Waals surface area contributed by atoms with Crippen LogP contribution in [0.5, 0.6) is 0 Å². The Morgan fingerprint density at radius 2 is 1.41 bits per heavy atom. The lowest BCUT2D eigenvalue weighted by Crippen LogP contribution is -2.51. The van der Waals surface area contributed by atoms with Gasteiger partial charge >= 0.3 is 11.9 Å². The average molecular weight is 611 g/mol. The third-order valence-electron chi connectivity index (χ3n) is 13.5. The van der Waals surface area contributed by atoms with Crippen LogP contribution in [0.2, 0.25) is 0 Å². The van der Waals surface area contributed by atoms with Gasteiger partial charge in [0.15, 0.2) is 5.78 Å². The highest BCUT2D eigenvalue weighted by atomic mass is 16.5. The van der Waals surface area contributed by atoms with Crippen molar-refractivity contribution in [2.24, 2.45) is 59.2 Å². The first-order valence-electron chi connectivity index (χ1n) is 17.2. The number of aliphatic carboxylic acids is 1. The maximum atomic E-state index is 14.2. The van der Waals surface area contributed by atoms with Crippen LogP contribution in [0.3, 0.4) is 0 Å². The summed E-state index contributed by atoms with van der Waals surface area (Å²) in [6, 6.07) is 1.23. The van der Waals surface area contributed by atoms with Crippen molar-refractivity contribution in [2.75, 3.05) is 7.11 Å². The summed E-state index contributed by atoms with van der Waals surface area (Å²) in [6.07, 6.45) is 9.19. The molecule has 8 bridgehead atoms. The number of fused-ring (bicyclic) bond motifs is 8. The molecule has 0 spiro atoms. The molecule has 0 radical (unpaired) electrons. The number of carboxylic acid groups (broad SMARTS) is 1. The number of rotatable bonds is 5. The summed E-state index contributed by atoms with van der Waals surface area (Å²) in [4.78, 5) is 39.2. The number of hydrogen-bond acceptors (Lipinski definition) is 8. The van der Waals surface area contributed by atoms with Crippen LogP contribution in [0.15, 0.2) is 24.8 Å². The number of esters is 1. The van der Waals surface area contributed by atoms with E-state index in [0.29, 0.717) is 41.8 Å². The summed E-state index contributed by atoms with van der Waals surface area (Å²) in [5, 5.41) is 25.6. The van der Waals surface area contributed by atoms with Gasteiger partial charge in [0.05, 0.1) is 7.11 Å². The van der Waals surface area contributed by atoms with E-state index in [1.165, 1.54) is 13.2 Å². The van der Waals surface area contributed by atoms with Gasteiger partial charge in [0.1, 0.15) is 5.92 Å². The zero-order valence-corrected chi connectivity index (χ0v) is 27.2. The smallest absolute Gasteiger partial charge is 0.327 e. The highest BCUT2D eigenvalue weighted by molar-refractivity contribution is 6.03. The summed E-state index contributed by atoms with van der Waals surface area (Å²) in [6.45, 7) is 15.7. The van der Waals surface area contributed by atoms with E-state index >= 15 is 0 Å². The zero-order valence-electron chi connectivity index (χ0n) is 27.2. The molecule has 18 unspecified atom stereocenters. The van der Waals surface area contributed by atoms with E-state index in [-0.39, 0.29) is 65.6 Å². The Balaban J connectivity index is 1.43. The van der Waals surface area contributed by atoms with Crippen LogP contribution in [0.4, 0.5) is 0 Å². The van der Waals surface area contributed by atoms with E-state index in [2.05, 4.69) is 68.5 Å². The van der Waals surface area contributed by atoms with Crippen molar-refractivity contribution in [3.63, 3.8) is 0 Å². The third kappa shape index (κ3) is 5.10. The highest BCUT2D eigenvalue weighted by Crippen LogP contribution is 2.51. The van der Waals surface area contributed by atoms with Gasteiger partial charge in [-0.2, -0.15) is 0 Å². The van der Waals surface area contributed by atoms with Crippen LogP contribution in [0.1, 0.15) is 60.3 Å². The van der Waals surface area contributed by atoms with E-state index < -0.39 is 17.9 Å². The molecule has 9 heteroatoms. The molecule has 5 aliphatic heterocycles. The first kappa shape index (κ1) is 31.9. The molecule has 6 rings (SSSR count). The quantitative estimate of drug-likeness (QED) is 0.138. The Bertz CT molecular complexity index is 1180. The second-order valence-corrected chi connectivity index (χ2v) is 15.2. The lowest BCUT2D eigenvalue weighted by molar-refractivity contribution is -0.151. The van der Waals surface area contributed by atoms with Gasteiger partial charge in [-0.25, -0.2) is 4.79 Å². The zero-order chi connectivity index (χ0) is 31.6. The van der Waals surface area contributed by atoms with Gasteiger partial charge < -0.3 is 31.1 Å². The van der Waals surface area contributed by atoms with Crippen LogP contribution in [0, 0.1) is 59.2 Å². The largest absolute Gasteiger partial charge is 0.478 e. The fraction of sp³-hybridized carbons (Fsp3) is 0.800. The molecular weight excluding hydrogens is 556 g/mol. The topological polar surface area (TPSA) is 129 Å². The Morgan fingerprint density at radius 1 is 0.841 bits per heavy atom. The molecule has 0 aromatic carbocycles. The summed E-state index contributed by atoms with van der Waals surface area (Å²) < 4.78 is 5.26. The van der Waals surface area contributed by atoms with Crippen molar-refractivity contribution < 1.29 is 24.2 Å². The number of carboxylic acids is 1. The van der Waals surface area contributed by atoms with Crippen LogP contribution >= 0.6 is 0 Å². The fourth-order valence-electron chi connectivity index (χ4n) is 11.1. The van der Waals surface area contributed by atoms with Crippen LogP contribution in [-0.2, 0) is 19.1 Å². The van der Waals surface area contributed by atoms with Crippen molar-refractivity contribution in [1.29, 1.82) is 0 Å². The van der Waals surface area contributed by atoms with Gasteiger partial charge in [-0.1, -0.05) is 53.2 Å². The minimum atomic E-state index is -0.986. The standard InChI is InChI=1S/C35H54N4O5/c1-8-19-15(3)22-12-24-17(5)21(10-11-28(40)41)32(38-24)30-31(35(43)44-7)34(42)29-18(6)25(39-33(29)30)14-27-20(9-2)16(4)23(37-27)13-26(19)36-22/h8,10-11,15-27,29-33,36-39H,1,9,12-14H2,2-7H3,(H,40,41)/b11-10+. The van der Waals surface area contributed by atoms with Crippen LogP contribution in [-0.4, -0.2) is 78.3 Å². The molecule has 0 aromatic rings. The van der Waals surface area contributed by atoms with Gasteiger partial charge in [0.25, 0.3) is 0 Å². The highest BCUT2D eigenvalue weighted by Gasteiger charge is 2.64. The number of Topliss-reactive ketones (excluding diaryl/α,β-unsaturated/α-hetero) is 1. The maximum Gasteiger partial charge on any atom is 0.327 e. The second kappa shape index (κ2) is 12.3. The Kier molecular flexibility index (Phi) is 8.89. The van der Waals surface area contributed by atoms with Crippen molar-refractivity contribution in [3.05, 3.63) is 24.8 Å². The second-order valence-electron chi connectivity index (χ2n) is 15.2. The van der Waals surface area contributed by atoms with E-state index in [1.54, 1.807) is 6.08 Å². The summed E-state index contributed by atoms with van der Waals surface area (Å²) in [5.74, 6) is -1.01. The molecule has 5 saturated heterocycles. The van der Waals surface area contributed by atoms with Gasteiger partial charge in [0.2, 0.25) is 0 Å². The predicted molar refractivity (Wildman–Crippen MR) is 169 cm³/mol. The normalized spacial score (nSPS) is 51.6. The van der Waals surface area contributed by atoms with E-state index in [1.807, 2.05) is 0 Å². The number of ketones is 1. The molecule has 1 saturated carbocycles. The number of carbonyl (C=O) groups excluding carboxylic acids is 2.